The van der Waals surface area contributed by atoms with Crippen molar-refractivity contribution in [3.8, 4) is 0 Å². The zero-order valence-electron chi connectivity index (χ0n) is 11.0. The first-order valence-corrected chi connectivity index (χ1v) is 7.70. The lowest BCUT2D eigenvalue weighted by Crippen LogP contribution is -2.27. The van der Waals surface area contributed by atoms with Crippen molar-refractivity contribution in [1.82, 2.24) is 4.72 Å². The van der Waals surface area contributed by atoms with E-state index in [1.165, 1.54) is 6.26 Å². The molecule has 1 heterocycles. The van der Waals surface area contributed by atoms with Crippen LogP contribution >= 0.6 is 0 Å². The molecule has 1 aromatic carbocycles. The largest absolute Gasteiger partial charge is 0.468 e. The minimum Gasteiger partial charge on any atom is -0.468 e. The Morgan fingerprint density at radius 3 is 2.47 bits per heavy atom. The van der Waals surface area contributed by atoms with Crippen molar-refractivity contribution in [2.45, 2.75) is 25.6 Å². The van der Waals surface area contributed by atoms with Crippen molar-refractivity contribution in [2.75, 3.05) is 0 Å². The molecule has 0 radical (unpaired) electrons. The maximum atomic E-state index is 12.0. The fourth-order valence-corrected chi connectivity index (χ4v) is 3.18. The van der Waals surface area contributed by atoms with Gasteiger partial charge in [0.25, 0.3) is 0 Å². The molecule has 0 bridgehead atoms. The van der Waals surface area contributed by atoms with Crippen LogP contribution in [0.1, 0.15) is 29.9 Å². The molecule has 19 heavy (non-hydrogen) atoms. The molecule has 1 unspecified atom stereocenters. The molecule has 1 aromatic heterocycles. The molecule has 2 rings (SSSR count). The Morgan fingerprint density at radius 2 is 1.89 bits per heavy atom. The second-order valence-corrected chi connectivity index (χ2v) is 6.35. The minimum atomic E-state index is -3.38. The Labute approximate surface area is 113 Å². The van der Waals surface area contributed by atoms with Gasteiger partial charge in [-0.05, 0) is 31.5 Å². The highest BCUT2D eigenvalue weighted by Gasteiger charge is 2.17. The lowest BCUT2D eigenvalue weighted by Gasteiger charge is -2.12. The van der Waals surface area contributed by atoms with E-state index in [1.54, 1.807) is 19.1 Å². The number of aryl methyl sites for hydroxylation is 1. The van der Waals surface area contributed by atoms with E-state index < -0.39 is 10.0 Å². The number of sulfonamides is 1. The van der Waals surface area contributed by atoms with E-state index in [9.17, 15) is 8.42 Å². The van der Waals surface area contributed by atoms with Crippen molar-refractivity contribution in [3.05, 3.63) is 59.5 Å². The third-order valence-corrected chi connectivity index (χ3v) is 4.23. The molecule has 0 saturated heterocycles. The van der Waals surface area contributed by atoms with Crippen LogP contribution in [0.3, 0.4) is 0 Å². The average molecular weight is 279 g/mol. The molecule has 0 amide bonds. The van der Waals surface area contributed by atoms with E-state index in [0.717, 1.165) is 11.1 Å². The fraction of sp³-hybridized carbons (Fsp3) is 0.286. The lowest BCUT2D eigenvalue weighted by atomic mass is 10.2. The summed E-state index contributed by atoms with van der Waals surface area (Å²) in [5.41, 5.74) is 1.88. The van der Waals surface area contributed by atoms with Gasteiger partial charge < -0.3 is 4.42 Å². The number of benzene rings is 1. The predicted octanol–water partition coefficient (Wildman–Crippen LogP) is 2.77. The van der Waals surface area contributed by atoms with Crippen LogP contribution in [0.25, 0.3) is 0 Å². The third kappa shape index (κ3) is 3.94. The maximum absolute atomic E-state index is 12.0. The van der Waals surface area contributed by atoms with Gasteiger partial charge in [-0.15, -0.1) is 0 Å². The van der Waals surface area contributed by atoms with Crippen LogP contribution in [0, 0.1) is 6.92 Å². The molecule has 0 saturated carbocycles. The van der Waals surface area contributed by atoms with Gasteiger partial charge in [0.05, 0.1) is 18.1 Å². The first-order valence-electron chi connectivity index (χ1n) is 6.05. The summed E-state index contributed by atoms with van der Waals surface area (Å²) < 4.78 is 31.9. The summed E-state index contributed by atoms with van der Waals surface area (Å²) in [6.07, 6.45) is 1.53. The Hall–Kier alpha value is -1.59. The van der Waals surface area contributed by atoms with Crippen LogP contribution < -0.4 is 4.72 Å². The first-order chi connectivity index (χ1) is 8.96. The quantitative estimate of drug-likeness (QED) is 0.915. The van der Waals surface area contributed by atoms with Gasteiger partial charge in [0.2, 0.25) is 10.0 Å². The number of rotatable bonds is 5. The smallest absolute Gasteiger partial charge is 0.216 e. The molecule has 2 aromatic rings. The number of furan rings is 1. The second-order valence-electron chi connectivity index (χ2n) is 4.60. The summed E-state index contributed by atoms with van der Waals surface area (Å²) in [5, 5.41) is 0. The van der Waals surface area contributed by atoms with E-state index in [0.29, 0.717) is 5.76 Å². The van der Waals surface area contributed by atoms with Gasteiger partial charge >= 0.3 is 0 Å². The molecule has 1 N–H and O–H groups in total. The van der Waals surface area contributed by atoms with Crippen molar-refractivity contribution in [2.24, 2.45) is 0 Å². The highest BCUT2D eigenvalue weighted by atomic mass is 32.2. The van der Waals surface area contributed by atoms with Gasteiger partial charge in [-0.25, -0.2) is 13.1 Å². The number of hydrogen-bond acceptors (Lipinski definition) is 3. The monoisotopic (exact) mass is 279 g/mol. The van der Waals surface area contributed by atoms with Gasteiger partial charge in [-0.3, -0.25) is 0 Å². The van der Waals surface area contributed by atoms with E-state index in [4.69, 9.17) is 4.42 Å². The standard InChI is InChI=1S/C14H17NO3S/c1-11-5-7-13(8-6-11)10-19(16,17)15-12(2)14-4-3-9-18-14/h3-9,12,15H,10H2,1-2H3. The highest BCUT2D eigenvalue weighted by molar-refractivity contribution is 7.88. The molecule has 0 fully saturated rings. The SMILES string of the molecule is Cc1ccc(CS(=O)(=O)NC(C)c2ccco2)cc1. The van der Waals surface area contributed by atoms with Crippen LogP contribution in [-0.4, -0.2) is 8.42 Å². The topological polar surface area (TPSA) is 59.3 Å². The summed E-state index contributed by atoms with van der Waals surface area (Å²) in [4.78, 5) is 0. The van der Waals surface area contributed by atoms with Crippen LogP contribution in [0.15, 0.2) is 47.1 Å². The summed E-state index contributed by atoms with van der Waals surface area (Å²) in [7, 11) is -3.38. The zero-order valence-corrected chi connectivity index (χ0v) is 11.8. The van der Waals surface area contributed by atoms with E-state index >= 15 is 0 Å². The molecular formula is C14H17NO3S. The lowest BCUT2D eigenvalue weighted by molar-refractivity contribution is 0.459. The average Bonchev–Trinajstić information content (AvgIpc) is 2.85. The van der Waals surface area contributed by atoms with Gasteiger partial charge in [-0.2, -0.15) is 0 Å². The maximum Gasteiger partial charge on any atom is 0.216 e. The third-order valence-electron chi connectivity index (χ3n) is 2.80. The van der Waals surface area contributed by atoms with Crippen molar-refractivity contribution in [3.63, 3.8) is 0 Å². The van der Waals surface area contributed by atoms with Crippen molar-refractivity contribution < 1.29 is 12.8 Å². The van der Waals surface area contributed by atoms with E-state index in [1.807, 2.05) is 31.2 Å². The van der Waals surface area contributed by atoms with Crippen molar-refractivity contribution in [1.29, 1.82) is 0 Å². The summed E-state index contributed by atoms with van der Waals surface area (Å²) in [6, 6.07) is 10.6. The first kappa shape index (κ1) is 13.8. The van der Waals surface area contributed by atoms with Crippen LogP contribution in [0.4, 0.5) is 0 Å². The molecule has 102 valence electrons. The second kappa shape index (κ2) is 5.59. The molecule has 0 aliphatic rings. The molecule has 0 aliphatic carbocycles. The molecule has 0 spiro atoms. The molecule has 5 heteroatoms. The predicted molar refractivity (Wildman–Crippen MR) is 74.1 cm³/mol. The number of hydrogen-bond donors (Lipinski definition) is 1. The Bertz CT molecular complexity index is 615. The van der Waals surface area contributed by atoms with Crippen LogP contribution in [0.5, 0.6) is 0 Å². The molecule has 0 aliphatic heterocycles. The minimum absolute atomic E-state index is 0.0294. The van der Waals surface area contributed by atoms with Gasteiger partial charge in [0.15, 0.2) is 0 Å². The molecule has 4 nitrogen and oxygen atoms in total. The van der Waals surface area contributed by atoms with Gasteiger partial charge in [0.1, 0.15) is 5.76 Å². The van der Waals surface area contributed by atoms with E-state index in [2.05, 4.69) is 4.72 Å². The highest BCUT2D eigenvalue weighted by Crippen LogP contribution is 2.15. The number of nitrogens with one attached hydrogen (secondary N) is 1. The normalized spacial score (nSPS) is 13.4. The Kier molecular flexibility index (Phi) is 4.07. The molecule has 1 atom stereocenters. The van der Waals surface area contributed by atoms with Crippen LogP contribution in [0.2, 0.25) is 0 Å². The summed E-state index contributed by atoms with van der Waals surface area (Å²) in [5.74, 6) is 0.575. The van der Waals surface area contributed by atoms with Gasteiger partial charge in [0, 0.05) is 0 Å². The zero-order chi connectivity index (χ0) is 13.9. The van der Waals surface area contributed by atoms with E-state index in [-0.39, 0.29) is 11.8 Å². The fourth-order valence-electron chi connectivity index (χ4n) is 1.81. The molecular weight excluding hydrogens is 262 g/mol. The summed E-state index contributed by atoms with van der Waals surface area (Å²) in [6.45, 7) is 3.72. The van der Waals surface area contributed by atoms with Crippen molar-refractivity contribution >= 4 is 10.0 Å². The Balaban J connectivity index is 2.04. The Morgan fingerprint density at radius 1 is 1.21 bits per heavy atom. The summed E-state index contributed by atoms with van der Waals surface area (Å²) >= 11 is 0. The van der Waals surface area contributed by atoms with Gasteiger partial charge in [-0.1, -0.05) is 29.8 Å². The van der Waals surface area contributed by atoms with Crippen LogP contribution in [-0.2, 0) is 15.8 Å².